The molecule has 0 aliphatic heterocycles. The summed E-state index contributed by atoms with van der Waals surface area (Å²) in [6, 6.07) is 21.4. The van der Waals surface area contributed by atoms with E-state index in [0.717, 1.165) is 25.5 Å². The molecule has 1 aliphatic carbocycles. The zero-order valence-electron chi connectivity index (χ0n) is 16.2. The van der Waals surface area contributed by atoms with Gasteiger partial charge in [0.15, 0.2) is 0 Å². The zero-order valence-corrected chi connectivity index (χ0v) is 17.2. The van der Waals surface area contributed by atoms with E-state index in [1.807, 2.05) is 0 Å². The Hall–Kier alpha value is -1.71. The van der Waals surface area contributed by atoms with Gasteiger partial charge in [-0.2, -0.15) is 0 Å². The van der Waals surface area contributed by atoms with E-state index in [-0.39, 0.29) is 11.0 Å². The molecule has 3 heteroatoms. The van der Waals surface area contributed by atoms with E-state index in [9.17, 15) is 4.79 Å². The molecule has 0 N–H and O–H groups in total. The Morgan fingerprint density at radius 3 is 1.96 bits per heavy atom. The summed E-state index contributed by atoms with van der Waals surface area (Å²) in [4.78, 5) is 11.4. The van der Waals surface area contributed by atoms with E-state index in [0.29, 0.717) is 12.5 Å². The van der Waals surface area contributed by atoms with Crippen molar-refractivity contribution in [3.63, 3.8) is 0 Å². The molecule has 3 rings (SSSR count). The highest BCUT2D eigenvalue weighted by Crippen LogP contribution is 2.38. The van der Waals surface area contributed by atoms with Gasteiger partial charge in [-0.1, -0.05) is 87.9 Å². The summed E-state index contributed by atoms with van der Waals surface area (Å²) in [5.41, 5.74) is 0. The lowest BCUT2D eigenvalue weighted by Crippen LogP contribution is -2.67. The minimum absolute atomic E-state index is 0.00894. The number of rotatable bonds is 6. The van der Waals surface area contributed by atoms with E-state index >= 15 is 0 Å². The van der Waals surface area contributed by atoms with Gasteiger partial charge < -0.3 is 9.22 Å². The molecule has 26 heavy (non-hydrogen) atoms. The van der Waals surface area contributed by atoms with E-state index in [1.165, 1.54) is 10.4 Å². The van der Waals surface area contributed by atoms with Crippen LogP contribution in [0.3, 0.4) is 0 Å². The van der Waals surface area contributed by atoms with Crippen molar-refractivity contribution in [3.8, 4) is 0 Å². The minimum Gasteiger partial charge on any atom is -0.407 e. The van der Waals surface area contributed by atoms with Crippen LogP contribution in [0.5, 0.6) is 0 Å². The monoisotopic (exact) mass is 366 g/mol. The molecule has 0 aromatic heterocycles. The second-order valence-corrected chi connectivity index (χ2v) is 12.8. The van der Waals surface area contributed by atoms with Gasteiger partial charge in [0.05, 0.1) is 0 Å². The lowest BCUT2D eigenvalue weighted by Gasteiger charge is -2.43. The Morgan fingerprint density at radius 1 is 0.962 bits per heavy atom. The molecule has 138 valence electrons. The van der Waals surface area contributed by atoms with Gasteiger partial charge in [-0.15, -0.1) is 0 Å². The standard InChI is InChI=1S/C23H30O2Si/c1-23(2,3)26(21-13-6-4-7-14-21,22-15-8-5-9-16-22)25-18-20-12-10-11-19(20)17-24/h4-9,13-17,19-20H,10-12,18H2,1-3H3/t19-,20-/m0/s1. The maximum Gasteiger partial charge on any atom is 0.261 e. The predicted molar refractivity (Wildman–Crippen MR) is 110 cm³/mol. The molecule has 0 heterocycles. The van der Waals surface area contributed by atoms with Gasteiger partial charge in [0, 0.05) is 12.5 Å². The number of aldehydes is 1. The number of hydrogen-bond donors (Lipinski definition) is 0. The zero-order chi connectivity index (χ0) is 18.6. The third kappa shape index (κ3) is 3.56. The molecule has 2 nitrogen and oxygen atoms in total. The van der Waals surface area contributed by atoms with Crippen molar-refractivity contribution in [2.24, 2.45) is 11.8 Å². The third-order valence-electron chi connectivity index (χ3n) is 5.82. The number of hydrogen-bond acceptors (Lipinski definition) is 2. The van der Waals surface area contributed by atoms with Crippen LogP contribution in [0.1, 0.15) is 40.0 Å². The SMILES string of the molecule is CC(C)(C)[Si](OC[C@@H]1CCC[C@H]1C=O)(c1ccccc1)c1ccccc1. The molecule has 2 aromatic rings. The molecule has 1 fully saturated rings. The third-order valence-corrected chi connectivity index (χ3v) is 10.8. The van der Waals surface area contributed by atoms with Gasteiger partial charge in [-0.25, -0.2) is 0 Å². The number of benzene rings is 2. The summed E-state index contributed by atoms with van der Waals surface area (Å²) < 4.78 is 6.96. The van der Waals surface area contributed by atoms with E-state index in [1.54, 1.807) is 0 Å². The number of carbonyl (C=O) groups is 1. The van der Waals surface area contributed by atoms with Crippen molar-refractivity contribution in [2.75, 3.05) is 6.61 Å². The van der Waals surface area contributed by atoms with Crippen LogP contribution in [0.25, 0.3) is 0 Å². The maximum absolute atomic E-state index is 11.4. The molecular formula is C23H30O2Si. The second kappa shape index (κ2) is 7.89. The Labute approximate surface area is 158 Å². The Balaban J connectivity index is 2.04. The summed E-state index contributed by atoms with van der Waals surface area (Å²) >= 11 is 0. The van der Waals surface area contributed by atoms with Gasteiger partial charge in [0.25, 0.3) is 8.32 Å². The van der Waals surface area contributed by atoms with E-state index < -0.39 is 8.32 Å². The molecule has 1 aliphatic rings. The Bertz CT molecular complexity index is 666. The van der Waals surface area contributed by atoms with Crippen LogP contribution in [-0.4, -0.2) is 21.2 Å². The van der Waals surface area contributed by atoms with Gasteiger partial charge in [0.1, 0.15) is 6.29 Å². The first kappa shape index (κ1) is 19.1. The summed E-state index contributed by atoms with van der Waals surface area (Å²) in [7, 11) is -2.48. The van der Waals surface area contributed by atoms with Crippen LogP contribution in [-0.2, 0) is 9.22 Å². The molecule has 0 bridgehead atoms. The summed E-state index contributed by atoms with van der Waals surface area (Å²) in [5.74, 6) is 0.516. The van der Waals surface area contributed by atoms with Crippen LogP contribution >= 0.6 is 0 Å². The molecule has 0 spiro atoms. The lowest BCUT2D eigenvalue weighted by molar-refractivity contribution is -0.112. The maximum atomic E-state index is 11.4. The van der Waals surface area contributed by atoms with Crippen molar-refractivity contribution in [1.29, 1.82) is 0 Å². The second-order valence-electron chi connectivity index (χ2n) is 8.47. The fraction of sp³-hybridized carbons (Fsp3) is 0.435. The van der Waals surface area contributed by atoms with Gasteiger partial charge in [-0.3, -0.25) is 0 Å². The smallest absolute Gasteiger partial charge is 0.261 e. The normalized spacial score (nSPS) is 20.9. The summed E-state index contributed by atoms with van der Waals surface area (Å²) in [6.07, 6.45) is 4.39. The van der Waals surface area contributed by atoms with Crippen molar-refractivity contribution in [2.45, 2.75) is 45.1 Å². The molecule has 0 amide bonds. The van der Waals surface area contributed by atoms with Crippen molar-refractivity contribution in [1.82, 2.24) is 0 Å². The summed E-state index contributed by atoms with van der Waals surface area (Å²) in [6.45, 7) is 7.57. The number of carbonyl (C=O) groups excluding carboxylic acids is 1. The van der Waals surface area contributed by atoms with Crippen LogP contribution in [0, 0.1) is 11.8 Å². The highest BCUT2D eigenvalue weighted by molar-refractivity contribution is 6.99. The predicted octanol–water partition coefficient (Wildman–Crippen LogP) is 4.18. The van der Waals surface area contributed by atoms with Crippen molar-refractivity contribution >= 4 is 25.0 Å². The molecule has 0 unspecified atom stereocenters. The van der Waals surface area contributed by atoms with Crippen LogP contribution in [0.4, 0.5) is 0 Å². The first-order valence-electron chi connectivity index (χ1n) is 9.69. The Morgan fingerprint density at radius 2 is 1.50 bits per heavy atom. The molecule has 2 aromatic carbocycles. The van der Waals surface area contributed by atoms with E-state index in [4.69, 9.17) is 4.43 Å². The summed E-state index contributed by atoms with van der Waals surface area (Å²) in [5, 5.41) is 2.60. The fourth-order valence-corrected chi connectivity index (χ4v) is 9.06. The molecule has 0 radical (unpaired) electrons. The lowest BCUT2D eigenvalue weighted by atomic mass is 9.99. The topological polar surface area (TPSA) is 26.3 Å². The van der Waals surface area contributed by atoms with Crippen LogP contribution in [0.2, 0.25) is 5.04 Å². The molecular weight excluding hydrogens is 336 g/mol. The van der Waals surface area contributed by atoms with Crippen molar-refractivity contribution in [3.05, 3.63) is 60.7 Å². The fourth-order valence-electron chi connectivity index (χ4n) is 4.45. The van der Waals surface area contributed by atoms with Gasteiger partial charge in [0.2, 0.25) is 0 Å². The first-order chi connectivity index (χ1) is 12.5. The average molecular weight is 367 g/mol. The van der Waals surface area contributed by atoms with E-state index in [2.05, 4.69) is 81.4 Å². The van der Waals surface area contributed by atoms with Crippen LogP contribution in [0.15, 0.2) is 60.7 Å². The van der Waals surface area contributed by atoms with Gasteiger partial charge in [-0.05, 0) is 34.2 Å². The average Bonchev–Trinajstić information content (AvgIpc) is 3.10. The molecule has 2 atom stereocenters. The molecule has 0 saturated heterocycles. The Kier molecular flexibility index (Phi) is 5.78. The first-order valence-corrected chi connectivity index (χ1v) is 11.6. The largest absolute Gasteiger partial charge is 0.407 e. The molecule has 1 saturated carbocycles. The minimum atomic E-state index is -2.48. The van der Waals surface area contributed by atoms with Crippen LogP contribution < -0.4 is 10.4 Å². The quantitative estimate of drug-likeness (QED) is 0.566. The van der Waals surface area contributed by atoms with Gasteiger partial charge >= 0.3 is 0 Å². The highest BCUT2D eigenvalue weighted by Gasteiger charge is 2.50. The van der Waals surface area contributed by atoms with Crippen molar-refractivity contribution < 1.29 is 9.22 Å². The highest BCUT2D eigenvalue weighted by atomic mass is 28.4.